The normalized spacial score (nSPS) is 14.4. The van der Waals surface area contributed by atoms with Gasteiger partial charge in [-0.25, -0.2) is 4.98 Å². The van der Waals surface area contributed by atoms with E-state index in [4.69, 9.17) is 4.74 Å². The molecule has 1 amide bonds. The van der Waals surface area contributed by atoms with Crippen LogP contribution >= 0.6 is 0 Å². The van der Waals surface area contributed by atoms with Crippen molar-refractivity contribution in [3.05, 3.63) is 47.9 Å². The number of aromatic nitrogens is 2. The van der Waals surface area contributed by atoms with Crippen LogP contribution in [0.25, 0.3) is 0 Å². The molecule has 0 unspecified atom stereocenters. The zero-order valence-electron chi connectivity index (χ0n) is 15.5. The van der Waals surface area contributed by atoms with Gasteiger partial charge in [-0.1, -0.05) is 12.1 Å². The van der Waals surface area contributed by atoms with Crippen LogP contribution < -0.4 is 9.64 Å². The van der Waals surface area contributed by atoms with Crippen molar-refractivity contribution in [2.24, 2.45) is 0 Å². The Labute approximate surface area is 154 Å². The van der Waals surface area contributed by atoms with Gasteiger partial charge in [0.15, 0.2) is 0 Å². The Morgan fingerprint density at radius 1 is 1.08 bits per heavy atom. The van der Waals surface area contributed by atoms with Crippen LogP contribution in [0.5, 0.6) is 5.75 Å². The third-order valence-electron chi connectivity index (χ3n) is 4.65. The highest BCUT2D eigenvalue weighted by Gasteiger charge is 2.22. The SMILES string of the molecule is CCOc1ccc(CCC(=O)N2CCN(c3nccnc3C)CC2)cc1. The summed E-state index contributed by atoms with van der Waals surface area (Å²) in [5.41, 5.74) is 2.10. The van der Waals surface area contributed by atoms with E-state index in [1.165, 1.54) is 0 Å². The van der Waals surface area contributed by atoms with E-state index in [0.717, 1.165) is 55.4 Å². The monoisotopic (exact) mass is 354 g/mol. The molecule has 1 saturated heterocycles. The van der Waals surface area contributed by atoms with Gasteiger partial charge in [0.25, 0.3) is 0 Å². The molecule has 1 aromatic heterocycles. The Hall–Kier alpha value is -2.63. The molecule has 6 heteroatoms. The number of hydrogen-bond acceptors (Lipinski definition) is 5. The molecule has 0 bridgehead atoms. The Morgan fingerprint density at radius 3 is 2.42 bits per heavy atom. The van der Waals surface area contributed by atoms with Crippen molar-refractivity contribution in [1.29, 1.82) is 0 Å². The Kier molecular flexibility index (Phi) is 6.04. The van der Waals surface area contributed by atoms with E-state index in [0.29, 0.717) is 13.0 Å². The maximum atomic E-state index is 12.5. The van der Waals surface area contributed by atoms with Crippen LogP contribution in [0.3, 0.4) is 0 Å². The van der Waals surface area contributed by atoms with Crippen LogP contribution in [0.15, 0.2) is 36.7 Å². The van der Waals surface area contributed by atoms with Crippen LogP contribution in [0, 0.1) is 6.92 Å². The van der Waals surface area contributed by atoms with Gasteiger partial charge >= 0.3 is 0 Å². The minimum absolute atomic E-state index is 0.217. The molecule has 6 nitrogen and oxygen atoms in total. The molecule has 0 N–H and O–H groups in total. The fraction of sp³-hybridized carbons (Fsp3) is 0.450. The molecule has 1 aromatic carbocycles. The highest BCUT2D eigenvalue weighted by Crippen LogP contribution is 2.17. The maximum Gasteiger partial charge on any atom is 0.223 e. The molecule has 26 heavy (non-hydrogen) atoms. The van der Waals surface area contributed by atoms with Crippen molar-refractivity contribution in [2.75, 3.05) is 37.7 Å². The summed E-state index contributed by atoms with van der Waals surface area (Å²) < 4.78 is 5.45. The molecule has 1 aliphatic heterocycles. The van der Waals surface area contributed by atoms with Crippen LogP contribution in [-0.4, -0.2) is 53.6 Å². The number of ether oxygens (including phenoxy) is 1. The van der Waals surface area contributed by atoms with E-state index in [-0.39, 0.29) is 5.91 Å². The van der Waals surface area contributed by atoms with Crippen molar-refractivity contribution in [3.8, 4) is 5.75 Å². The summed E-state index contributed by atoms with van der Waals surface area (Å²) in [5, 5.41) is 0. The minimum atomic E-state index is 0.217. The van der Waals surface area contributed by atoms with Crippen LogP contribution in [-0.2, 0) is 11.2 Å². The zero-order chi connectivity index (χ0) is 18.4. The van der Waals surface area contributed by atoms with Gasteiger partial charge in [-0.15, -0.1) is 0 Å². The molecule has 2 aromatic rings. The van der Waals surface area contributed by atoms with Gasteiger partial charge in [0.2, 0.25) is 5.91 Å². The largest absolute Gasteiger partial charge is 0.494 e. The summed E-state index contributed by atoms with van der Waals surface area (Å²) in [6.07, 6.45) is 4.73. The van der Waals surface area contributed by atoms with E-state index < -0.39 is 0 Å². The molecule has 3 rings (SSSR count). The number of benzene rings is 1. The van der Waals surface area contributed by atoms with E-state index in [1.54, 1.807) is 12.4 Å². The highest BCUT2D eigenvalue weighted by molar-refractivity contribution is 5.76. The second-order valence-corrected chi connectivity index (χ2v) is 6.41. The number of carbonyl (C=O) groups is 1. The lowest BCUT2D eigenvalue weighted by molar-refractivity contribution is -0.131. The highest BCUT2D eigenvalue weighted by atomic mass is 16.5. The number of hydrogen-bond donors (Lipinski definition) is 0. The average molecular weight is 354 g/mol. The van der Waals surface area contributed by atoms with Gasteiger partial charge in [0.05, 0.1) is 12.3 Å². The van der Waals surface area contributed by atoms with Gasteiger partial charge in [-0.05, 0) is 38.0 Å². The third kappa shape index (κ3) is 4.50. The summed E-state index contributed by atoms with van der Waals surface area (Å²) in [5.74, 6) is 2.02. The average Bonchev–Trinajstić information content (AvgIpc) is 2.68. The van der Waals surface area contributed by atoms with E-state index in [9.17, 15) is 4.79 Å². The fourth-order valence-corrected chi connectivity index (χ4v) is 3.21. The first kappa shape index (κ1) is 18.2. The molecule has 0 spiro atoms. The quantitative estimate of drug-likeness (QED) is 0.798. The second kappa shape index (κ2) is 8.65. The first-order valence-electron chi connectivity index (χ1n) is 9.19. The van der Waals surface area contributed by atoms with Crippen molar-refractivity contribution in [3.63, 3.8) is 0 Å². The van der Waals surface area contributed by atoms with Crippen molar-refractivity contribution in [2.45, 2.75) is 26.7 Å². The summed E-state index contributed by atoms with van der Waals surface area (Å²) in [4.78, 5) is 25.4. The van der Waals surface area contributed by atoms with Crippen LogP contribution in [0.4, 0.5) is 5.82 Å². The predicted molar refractivity (Wildman–Crippen MR) is 101 cm³/mol. The predicted octanol–water partition coefficient (Wildman–Crippen LogP) is 2.47. The fourth-order valence-electron chi connectivity index (χ4n) is 3.21. The Bertz CT molecular complexity index is 725. The lowest BCUT2D eigenvalue weighted by Gasteiger charge is -2.35. The minimum Gasteiger partial charge on any atom is -0.494 e. The first-order chi connectivity index (χ1) is 12.7. The maximum absolute atomic E-state index is 12.5. The number of amides is 1. The lowest BCUT2D eigenvalue weighted by atomic mass is 10.1. The van der Waals surface area contributed by atoms with Crippen LogP contribution in [0.2, 0.25) is 0 Å². The summed E-state index contributed by atoms with van der Waals surface area (Å²) in [7, 11) is 0. The van der Waals surface area contributed by atoms with Gasteiger partial charge in [-0.2, -0.15) is 0 Å². The lowest BCUT2D eigenvalue weighted by Crippen LogP contribution is -2.49. The molecule has 0 radical (unpaired) electrons. The summed E-state index contributed by atoms with van der Waals surface area (Å²) in [6.45, 7) is 7.67. The Balaban J connectivity index is 1.47. The van der Waals surface area contributed by atoms with Crippen molar-refractivity contribution in [1.82, 2.24) is 14.9 Å². The van der Waals surface area contributed by atoms with Gasteiger partial charge in [0.1, 0.15) is 11.6 Å². The molecule has 1 aliphatic rings. The second-order valence-electron chi connectivity index (χ2n) is 6.41. The van der Waals surface area contributed by atoms with Gasteiger partial charge in [0, 0.05) is 45.0 Å². The summed E-state index contributed by atoms with van der Waals surface area (Å²) >= 11 is 0. The summed E-state index contributed by atoms with van der Waals surface area (Å²) in [6, 6.07) is 8.00. The molecule has 1 fully saturated rings. The molecule has 0 atom stereocenters. The van der Waals surface area contributed by atoms with Crippen molar-refractivity contribution < 1.29 is 9.53 Å². The number of carbonyl (C=O) groups excluding carboxylic acids is 1. The number of rotatable bonds is 6. The number of anilines is 1. The zero-order valence-corrected chi connectivity index (χ0v) is 15.5. The van der Waals surface area contributed by atoms with E-state index in [1.807, 2.05) is 43.0 Å². The number of nitrogens with zero attached hydrogens (tertiary/aromatic N) is 4. The van der Waals surface area contributed by atoms with Gasteiger partial charge in [-0.3, -0.25) is 9.78 Å². The third-order valence-corrected chi connectivity index (χ3v) is 4.65. The van der Waals surface area contributed by atoms with E-state index >= 15 is 0 Å². The standard InChI is InChI=1S/C20H26N4O2/c1-3-26-18-7-4-17(5-8-18)6-9-19(25)23-12-14-24(15-13-23)20-16(2)21-10-11-22-20/h4-5,7-8,10-11H,3,6,9,12-15H2,1-2H3. The van der Waals surface area contributed by atoms with Crippen molar-refractivity contribution >= 4 is 11.7 Å². The molecular weight excluding hydrogens is 328 g/mol. The topological polar surface area (TPSA) is 58.6 Å². The molecule has 0 saturated carbocycles. The number of piperazine rings is 1. The molecular formula is C20H26N4O2. The molecule has 138 valence electrons. The first-order valence-corrected chi connectivity index (χ1v) is 9.19. The molecule has 2 heterocycles. The smallest absolute Gasteiger partial charge is 0.223 e. The van der Waals surface area contributed by atoms with Crippen LogP contribution in [0.1, 0.15) is 24.6 Å². The van der Waals surface area contributed by atoms with Gasteiger partial charge < -0.3 is 14.5 Å². The Morgan fingerprint density at radius 2 is 1.77 bits per heavy atom. The number of aryl methyl sites for hydroxylation is 2. The van der Waals surface area contributed by atoms with E-state index in [2.05, 4.69) is 14.9 Å². The molecule has 0 aliphatic carbocycles.